The largest absolute Gasteiger partial charge is 0.349 e. The van der Waals surface area contributed by atoms with Crippen LogP contribution in [-0.2, 0) is 22.7 Å². The molecule has 2 amide bonds. The van der Waals surface area contributed by atoms with Crippen LogP contribution in [0.1, 0.15) is 58.2 Å². The number of amides is 2. The minimum absolute atomic E-state index is 0.0246. The Kier molecular flexibility index (Phi) is 7.06. The van der Waals surface area contributed by atoms with Gasteiger partial charge < -0.3 is 14.8 Å². The number of rotatable bonds is 7. The van der Waals surface area contributed by atoms with E-state index in [0.717, 1.165) is 55.6 Å². The Morgan fingerprint density at radius 2 is 1.75 bits per heavy atom. The molecule has 1 fully saturated rings. The van der Waals surface area contributed by atoms with Crippen LogP contribution in [0.25, 0.3) is 11.0 Å². The first-order valence-electron chi connectivity index (χ1n) is 10.6. The van der Waals surface area contributed by atoms with Gasteiger partial charge in [0.15, 0.2) is 0 Å². The summed E-state index contributed by atoms with van der Waals surface area (Å²) in [6, 6.07) is 7.85. The normalized spacial score (nSPS) is 15.0. The van der Waals surface area contributed by atoms with E-state index in [1.807, 2.05) is 47.6 Å². The highest BCUT2D eigenvalue weighted by Crippen LogP contribution is 2.18. The number of carbonyl (C=O) groups is 2. The topological polar surface area (TPSA) is 67.2 Å². The molecule has 0 aliphatic carbocycles. The Hall–Kier alpha value is -2.37. The van der Waals surface area contributed by atoms with E-state index < -0.39 is 0 Å². The third-order valence-electron chi connectivity index (χ3n) is 5.76. The van der Waals surface area contributed by atoms with Crippen molar-refractivity contribution in [1.29, 1.82) is 0 Å². The van der Waals surface area contributed by atoms with Gasteiger partial charge in [0, 0.05) is 19.0 Å². The Labute approximate surface area is 167 Å². The van der Waals surface area contributed by atoms with E-state index in [1.54, 1.807) is 0 Å². The molecule has 152 valence electrons. The molecule has 0 saturated carbocycles. The first kappa shape index (κ1) is 20.4. The fourth-order valence-corrected chi connectivity index (χ4v) is 3.96. The van der Waals surface area contributed by atoms with Gasteiger partial charge in [-0.1, -0.05) is 38.8 Å². The van der Waals surface area contributed by atoms with Crippen LogP contribution in [0.2, 0.25) is 0 Å². The van der Waals surface area contributed by atoms with E-state index in [2.05, 4.69) is 10.3 Å². The van der Waals surface area contributed by atoms with Crippen molar-refractivity contribution in [2.75, 3.05) is 13.1 Å². The SMILES string of the molecule is CCC(CC)C(=O)NCc1nc2ccccc2n1CC(=O)N1CCCCCC1. The van der Waals surface area contributed by atoms with Crippen molar-refractivity contribution in [2.45, 2.75) is 65.5 Å². The molecule has 1 aromatic heterocycles. The molecular weight excluding hydrogens is 352 g/mol. The first-order valence-corrected chi connectivity index (χ1v) is 10.6. The van der Waals surface area contributed by atoms with Crippen LogP contribution in [0, 0.1) is 5.92 Å². The molecular formula is C22H32N4O2. The molecule has 0 unspecified atom stereocenters. The van der Waals surface area contributed by atoms with Gasteiger partial charge in [0.2, 0.25) is 11.8 Å². The average Bonchev–Trinajstić information content (AvgIpc) is 2.87. The standard InChI is InChI=1S/C22H32N4O2/c1-3-17(4-2)22(28)23-15-20-24-18-11-7-8-12-19(18)26(20)16-21(27)25-13-9-5-6-10-14-25/h7-8,11-12,17H,3-6,9-10,13-16H2,1-2H3,(H,23,28). The van der Waals surface area contributed by atoms with Crippen molar-refractivity contribution < 1.29 is 9.59 Å². The van der Waals surface area contributed by atoms with E-state index in [4.69, 9.17) is 0 Å². The number of fused-ring (bicyclic) bond motifs is 1. The average molecular weight is 385 g/mol. The van der Waals surface area contributed by atoms with Gasteiger partial charge in [-0.2, -0.15) is 0 Å². The Bertz CT molecular complexity index is 802. The van der Waals surface area contributed by atoms with Crippen LogP contribution in [0.5, 0.6) is 0 Å². The van der Waals surface area contributed by atoms with Crippen LogP contribution in [0.3, 0.4) is 0 Å². The first-order chi connectivity index (χ1) is 13.6. The van der Waals surface area contributed by atoms with Gasteiger partial charge in [-0.25, -0.2) is 4.98 Å². The van der Waals surface area contributed by atoms with Gasteiger partial charge in [-0.3, -0.25) is 9.59 Å². The molecule has 1 saturated heterocycles. The summed E-state index contributed by atoms with van der Waals surface area (Å²) in [7, 11) is 0. The highest BCUT2D eigenvalue weighted by Gasteiger charge is 2.20. The summed E-state index contributed by atoms with van der Waals surface area (Å²) in [6.07, 6.45) is 6.21. The number of benzene rings is 1. The lowest BCUT2D eigenvalue weighted by Crippen LogP contribution is -2.35. The molecule has 2 aromatic rings. The molecule has 1 aliphatic rings. The zero-order valence-electron chi connectivity index (χ0n) is 17.1. The van der Waals surface area contributed by atoms with E-state index >= 15 is 0 Å². The minimum Gasteiger partial charge on any atom is -0.349 e. The molecule has 2 heterocycles. The van der Waals surface area contributed by atoms with Gasteiger partial charge >= 0.3 is 0 Å². The smallest absolute Gasteiger partial charge is 0.242 e. The second-order valence-corrected chi connectivity index (χ2v) is 7.63. The van der Waals surface area contributed by atoms with E-state index in [-0.39, 0.29) is 24.3 Å². The molecule has 1 aromatic carbocycles. The van der Waals surface area contributed by atoms with Crippen LogP contribution in [0.15, 0.2) is 24.3 Å². The second kappa shape index (κ2) is 9.71. The summed E-state index contributed by atoms with van der Waals surface area (Å²) < 4.78 is 1.97. The quantitative estimate of drug-likeness (QED) is 0.795. The summed E-state index contributed by atoms with van der Waals surface area (Å²) >= 11 is 0. The lowest BCUT2D eigenvalue weighted by atomic mass is 10.0. The maximum Gasteiger partial charge on any atom is 0.242 e. The lowest BCUT2D eigenvalue weighted by molar-refractivity contribution is -0.131. The van der Waals surface area contributed by atoms with Gasteiger partial charge in [-0.05, 0) is 37.8 Å². The van der Waals surface area contributed by atoms with Gasteiger partial charge in [0.05, 0.1) is 17.6 Å². The molecule has 6 nitrogen and oxygen atoms in total. The van der Waals surface area contributed by atoms with Crippen LogP contribution >= 0.6 is 0 Å². The van der Waals surface area contributed by atoms with Gasteiger partial charge in [-0.15, -0.1) is 0 Å². The molecule has 6 heteroatoms. The molecule has 1 aliphatic heterocycles. The molecule has 3 rings (SSSR count). The van der Waals surface area contributed by atoms with E-state index in [0.29, 0.717) is 6.54 Å². The fraction of sp³-hybridized carbons (Fsp3) is 0.591. The number of imidazole rings is 1. The lowest BCUT2D eigenvalue weighted by Gasteiger charge is -2.21. The maximum absolute atomic E-state index is 12.9. The van der Waals surface area contributed by atoms with Crippen molar-refractivity contribution in [2.24, 2.45) is 5.92 Å². The Morgan fingerprint density at radius 1 is 1.07 bits per heavy atom. The zero-order chi connectivity index (χ0) is 19.9. The number of carbonyl (C=O) groups excluding carboxylic acids is 2. The molecule has 0 spiro atoms. The number of nitrogens with one attached hydrogen (secondary N) is 1. The monoisotopic (exact) mass is 384 g/mol. The van der Waals surface area contributed by atoms with E-state index in [1.165, 1.54) is 12.8 Å². The molecule has 0 radical (unpaired) electrons. The number of para-hydroxylation sites is 2. The van der Waals surface area contributed by atoms with Crippen molar-refractivity contribution >= 4 is 22.8 Å². The number of likely N-dealkylation sites (tertiary alicyclic amines) is 1. The molecule has 0 atom stereocenters. The van der Waals surface area contributed by atoms with E-state index in [9.17, 15) is 9.59 Å². The summed E-state index contributed by atoms with van der Waals surface area (Å²) in [4.78, 5) is 32.0. The van der Waals surface area contributed by atoms with Crippen molar-refractivity contribution in [3.8, 4) is 0 Å². The van der Waals surface area contributed by atoms with Crippen LogP contribution in [-0.4, -0.2) is 39.4 Å². The molecule has 28 heavy (non-hydrogen) atoms. The van der Waals surface area contributed by atoms with Crippen LogP contribution in [0.4, 0.5) is 0 Å². The number of aromatic nitrogens is 2. The summed E-state index contributed by atoms with van der Waals surface area (Å²) in [5, 5.41) is 3.02. The predicted octanol–water partition coefficient (Wildman–Crippen LogP) is 3.49. The Morgan fingerprint density at radius 3 is 2.43 bits per heavy atom. The zero-order valence-corrected chi connectivity index (χ0v) is 17.1. The fourth-order valence-electron chi connectivity index (χ4n) is 3.96. The third kappa shape index (κ3) is 4.72. The predicted molar refractivity (Wildman–Crippen MR) is 111 cm³/mol. The third-order valence-corrected chi connectivity index (χ3v) is 5.76. The molecule has 0 bridgehead atoms. The highest BCUT2D eigenvalue weighted by molar-refractivity contribution is 5.82. The van der Waals surface area contributed by atoms with Crippen molar-refractivity contribution in [1.82, 2.24) is 19.8 Å². The highest BCUT2D eigenvalue weighted by atomic mass is 16.2. The Balaban J connectivity index is 1.78. The number of hydrogen-bond acceptors (Lipinski definition) is 3. The van der Waals surface area contributed by atoms with Gasteiger partial charge in [0.25, 0.3) is 0 Å². The van der Waals surface area contributed by atoms with Crippen molar-refractivity contribution in [3.63, 3.8) is 0 Å². The molecule has 1 N–H and O–H groups in total. The van der Waals surface area contributed by atoms with Gasteiger partial charge in [0.1, 0.15) is 12.4 Å². The minimum atomic E-state index is 0.0246. The maximum atomic E-state index is 12.9. The summed E-state index contributed by atoms with van der Waals surface area (Å²) in [5.74, 6) is 0.959. The van der Waals surface area contributed by atoms with Crippen LogP contribution < -0.4 is 5.32 Å². The number of hydrogen-bond donors (Lipinski definition) is 1. The second-order valence-electron chi connectivity index (χ2n) is 7.63. The number of nitrogens with zero attached hydrogens (tertiary/aromatic N) is 3. The van der Waals surface area contributed by atoms with Crippen molar-refractivity contribution in [3.05, 3.63) is 30.1 Å². The summed E-state index contributed by atoms with van der Waals surface area (Å²) in [5.41, 5.74) is 1.80. The summed E-state index contributed by atoms with van der Waals surface area (Å²) in [6.45, 7) is 6.36.